The Labute approximate surface area is 146 Å². The number of carbonyl (C=O) groups is 3. The first kappa shape index (κ1) is 18.7. The van der Waals surface area contributed by atoms with Crippen LogP contribution in [0, 0.1) is 0 Å². The van der Waals surface area contributed by atoms with Crippen LogP contribution in [0.4, 0.5) is 0 Å². The summed E-state index contributed by atoms with van der Waals surface area (Å²) < 4.78 is 10.5. The molecule has 0 atom stereocenters. The van der Waals surface area contributed by atoms with E-state index >= 15 is 0 Å². The molecule has 1 aliphatic rings. The van der Waals surface area contributed by atoms with Gasteiger partial charge in [-0.1, -0.05) is 0 Å². The second-order valence-electron chi connectivity index (χ2n) is 5.45. The Balaban J connectivity index is 1.69. The second kappa shape index (κ2) is 9.63. The zero-order valence-corrected chi connectivity index (χ0v) is 14.2. The van der Waals surface area contributed by atoms with Crippen LogP contribution in [0.3, 0.4) is 0 Å². The molecular weight excluding hydrogens is 326 g/mol. The van der Waals surface area contributed by atoms with E-state index in [1.165, 1.54) is 0 Å². The highest BCUT2D eigenvalue weighted by atomic mass is 16.5. The predicted octanol–water partition coefficient (Wildman–Crippen LogP) is 0.485. The van der Waals surface area contributed by atoms with Crippen molar-refractivity contribution in [2.45, 2.75) is 19.8 Å². The summed E-state index contributed by atoms with van der Waals surface area (Å²) in [5.74, 6) is -0.266. The standard InChI is InChI=1S/C17H23N3O5/c1-2-25-14-5-3-13(4-6-14)17(23)19-18-15(21)7-8-16(22)20-9-11-24-12-10-20/h3-6H,2,7-12H2,1H3,(H,18,21)(H,19,23). The quantitative estimate of drug-likeness (QED) is 0.729. The van der Waals surface area contributed by atoms with Gasteiger partial charge in [0.1, 0.15) is 5.75 Å². The van der Waals surface area contributed by atoms with Crippen molar-refractivity contribution in [3.63, 3.8) is 0 Å². The van der Waals surface area contributed by atoms with E-state index in [1.54, 1.807) is 29.2 Å². The van der Waals surface area contributed by atoms with Gasteiger partial charge in [-0.3, -0.25) is 25.2 Å². The Morgan fingerprint density at radius 1 is 1.08 bits per heavy atom. The molecule has 2 rings (SSSR count). The smallest absolute Gasteiger partial charge is 0.269 e. The summed E-state index contributed by atoms with van der Waals surface area (Å²) in [6.45, 7) is 4.57. The van der Waals surface area contributed by atoms with E-state index in [2.05, 4.69) is 10.9 Å². The van der Waals surface area contributed by atoms with Crippen LogP contribution in [0.15, 0.2) is 24.3 Å². The van der Waals surface area contributed by atoms with E-state index < -0.39 is 11.8 Å². The first-order valence-corrected chi connectivity index (χ1v) is 8.27. The molecule has 3 amide bonds. The maximum absolute atomic E-state index is 11.9. The van der Waals surface area contributed by atoms with Crippen molar-refractivity contribution in [1.29, 1.82) is 0 Å². The molecule has 1 fully saturated rings. The van der Waals surface area contributed by atoms with E-state index in [4.69, 9.17) is 9.47 Å². The van der Waals surface area contributed by atoms with Crippen molar-refractivity contribution in [2.24, 2.45) is 0 Å². The Morgan fingerprint density at radius 2 is 1.76 bits per heavy atom. The first-order valence-electron chi connectivity index (χ1n) is 8.27. The molecule has 1 saturated heterocycles. The van der Waals surface area contributed by atoms with Crippen LogP contribution in [-0.2, 0) is 14.3 Å². The Morgan fingerprint density at radius 3 is 2.40 bits per heavy atom. The molecule has 1 aliphatic heterocycles. The highest BCUT2D eigenvalue weighted by molar-refractivity contribution is 5.95. The SMILES string of the molecule is CCOc1ccc(C(=O)NNC(=O)CCC(=O)N2CCOCC2)cc1. The lowest BCUT2D eigenvalue weighted by molar-refractivity contribution is -0.137. The molecule has 25 heavy (non-hydrogen) atoms. The Kier molecular flexibility index (Phi) is 7.21. The number of hydrazine groups is 1. The van der Waals surface area contributed by atoms with Crippen LogP contribution < -0.4 is 15.6 Å². The molecule has 0 bridgehead atoms. The van der Waals surface area contributed by atoms with Crippen LogP contribution in [0.5, 0.6) is 5.75 Å². The molecule has 1 aromatic rings. The topological polar surface area (TPSA) is 97.0 Å². The molecule has 136 valence electrons. The maximum atomic E-state index is 11.9. The number of hydrogen-bond acceptors (Lipinski definition) is 5. The van der Waals surface area contributed by atoms with Gasteiger partial charge >= 0.3 is 0 Å². The lowest BCUT2D eigenvalue weighted by Gasteiger charge is -2.26. The van der Waals surface area contributed by atoms with Gasteiger partial charge in [0.2, 0.25) is 11.8 Å². The summed E-state index contributed by atoms with van der Waals surface area (Å²) in [7, 11) is 0. The number of nitrogens with zero attached hydrogens (tertiary/aromatic N) is 1. The summed E-state index contributed by atoms with van der Waals surface area (Å²) in [4.78, 5) is 37.3. The van der Waals surface area contributed by atoms with Crippen LogP contribution in [0.1, 0.15) is 30.1 Å². The Hall–Kier alpha value is -2.61. The van der Waals surface area contributed by atoms with Crippen molar-refractivity contribution in [3.8, 4) is 5.75 Å². The van der Waals surface area contributed by atoms with Crippen molar-refractivity contribution < 1.29 is 23.9 Å². The number of nitrogens with one attached hydrogen (secondary N) is 2. The minimum Gasteiger partial charge on any atom is -0.494 e. The molecule has 8 heteroatoms. The molecule has 0 aromatic heterocycles. The number of carbonyl (C=O) groups excluding carboxylic acids is 3. The van der Waals surface area contributed by atoms with Crippen LogP contribution in [-0.4, -0.2) is 55.5 Å². The highest BCUT2D eigenvalue weighted by Gasteiger charge is 2.17. The summed E-state index contributed by atoms with van der Waals surface area (Å²) in [5, 5.41) is 0. The fourth-order valence-corrected chi connectivity index (χ4v) is 2.32. The normalized spacial score (nSPS) is 13.9. The number of hydrogen-bond donors (Lipinski definition) is 2. The average Bonchev–Trinajstić information content (AvgIpc) is 2.65. The molecule has 8 nitrogen and oxygen atoms in total. The van der Waals surface area contributed by atoms with E-state index in [9.17, 15) is 14.4 Å². The zero-order chi connectivity index (χ0) is 18.1. The third kappa shape index (κ3) is 6.07. The molecule has 0 radical (unpaired) electrons. The molecule has 0 unspecified atom stereocenters. The molecule has 0 aliphatic carbocycles. The first-order chi connectivity index (χ1) is 12.1. The van der Waals surface area contributed by atoms with Gasteiger partial charge in [0.15, 0.2) is 0 Å². The third-order valence-electron chi connectivity index (χ3n) is 3.67. The van der Waals surface area contributed by atoms with E-state index in [1.807, 2.05) is 6.92 Å². The van der Waals surface area contributed by atoms with Crippen LogP contribution in [0.2, 0.25) is 0 Å². The van der Waals surface area contributed by atoms with Gasteiger partial charge in [-0.15, -0.1) is 0 Å². The second-order valence-corrected chi connectivity index (χ2v) is 5.45. The maximum Gasteiger partial charge on any atom is 0.269 e. The predicted molar refractivity (Wildman–Crippen MR) is 89.9 cm³/mol. The summed E-state index contributed by atoms with van der Waals surface area (Å²) in [6.07, 6.45) is 0.116. The van der Waals surface area contributed by atoms with Gasteiger partial charge in [-0.05, 0) is 31.2 Å². The van der Waals surface area contributed by atoms with E-state index in [0.29, 0.717) is 44.2 Å². The third-order valence-corrected chi connectivity index (χ3v) is 3.67. The molecular formula is C17H23N3O5. The average molecular weight is 349 g/mol. The Bertz CT molecular complexity index is 597. The van der Waals surface area contributed by atoms with Gasteiger partial charge in [0.25, 0.3) is 5.91 Å². The highest BCUT2D eigenvalue weighted by Crippen LogP contribution is 2.11. The van der Waals surface area contributed by atoms with Gasteiger partial charge < -0.3 is 14.4 Å². The minimum absolute atomic E-state index is 0.0136. The number of ether oxygens (including phenoxy) is 2. The molecule has 2 N–H and O–H groups in total. The lowest BCUT2D eigenvalue weighted by atomic mass is 10.2. The summed E-state index contributed by atoms with van der Waals surface area (Å²) >= 11 is 0. The van der Waals surface area contributed by atoms with Gasteiger partial charge in [0, 0.05) is 31.5 Å². The van der Waals surface area contributed by atoms with E-state index in [0.717, 1.165) is 0 Å². The number of amides is 3. The fraction of sp³-hybridized carbons (Fsp3) is 0.471. The summed E-state index contributed by atoms with van der Waals surface area (Å²) in [6, 6.07) is 6.57. The molecule has 0 spiro atoms. The monoisotopic (exact) mass is 349 g/mol. The van der Waals surface area contributed by atoms with Crippen LogP contribution in [0.25, 0.3) is 0 Å². The van der Waals surface area contributed by atoms with Gasteiger partial charge in [0.05, 0.1) is 19.8 Å². The van der Waals surface area contributed by atoms with Crippen molar-refractivity contribution >= 4 is 17.7 Å². The number of morpholine rings is 1. The molecule has 1 heterocycles. The zero-order valence-electron chi connectivity index (χ0n) is 14.2. The number of benzene rings is 1. The molecule has 1 aromatic carbocycles. The van der Waals surface area contributed by atoms with Gasteiger partial charge in [-0.25, -0.2) is 0 Å². The largest absolute Gasteiger partial charge is 0.494 e. The van der Waals surface area contributed by atoms with E-state index in [-0.39, 0.29) is 18.7 Å². The lowest BCUT2D eigenvalue weighted by Crippen LogP contribution is -2.43. The minimum atomic E-state index is -0.434. The fourth-order valence-electron chi connectivity index (χ4n) is 2.32. The van der Waals surface area contributed by atoms with Gasteiger partial charge in [-0.2, -0.15) is 0 Å². The van der Waals surface area contributed by atoms with Crippen molar-refractivity contribution in [3.05, 3.63) is 29.8 Å². The van der Waals surface area contributed by atoms with Crippen molar-refractivity contribution in [1.82, 2.24) is 15.8 Å². The van der Waals surface area contributed by atoms with Crippen LogP contribution >= 0.6 is 0 Å². The van der Waals surface area contributed by atoms with Crippen molar-refractivity contribution in [2.75, 3.05) is 32.9 Å². The summed E-state index contributed by atoms with van der Waals surface area (Å²) in [5.41, 5.74) is 5.04. The number of rotatable bonds is 6. The molecule has 0 saturated carbocycles.